The molecule has 1 atom stereocenters. The molecule has 2 fully saturated rings. The van der Waals surface area contributed by atoms with Gasteiger partial charge < -0.3 is 14.4 Å². The van der Waals surface area contributed by atoms with Crippen LogP contribution in [0.1, 0.15) is 50.0 Å². The van der Waals surface area contributed by atoms with Gasteiger partial charge in [0, 0.05) is 51.5 Å². The molecule has 226 valence electrons. The quantitative estimate of drug-likeness (QED) is 0.301. The van der Waals surface area contributed by atoms with Crippen LogP contribution in [0.4, 0.5) is 5.69 Å². The van der Waals surface area contributed by atoms with Crippen LogP contribution >= 0.6 is 0 Å². The summed E-state index contributed by atoms with van der Waals surface area (Å²) in [4.78, 5) is 5.02. The number of rotatable bonds is 11. The highest BCUT2D eigenvalue weighted by Gasteiger charge is 2.29. The lowest BCUT2D eigenvalue weighted by molar-refractivity contribution is 0.0527. The van der Waals surface area contributed by atoms with E-state index in [9.17, 15) is 8.42 Å². The van der Waals surface area contributed by atoms with E-state index < -0.39 is 10.0 Å². The summed E-state index contributed by atoms with van der Waals surface area (Å²) in [6.07, 6.45) is 0.838. The molecule has 0 spiro atoms. The molecular formula is C34H45N3O4S. The lowest BCUT2D eigenvalue weighted by Gasteiger charge is -2.34. The first-order valence-electron chi connectivity index (χ1n) is 15.2. The van der Waals surface area contributed by atoms with Gasteiger partial charge in [0.15, 0.2) is 0 Å². The topological polar surface area (TPSA) is 62.3 Å². The Bertz CT molecular complexity index is 1360. The van der Waals surface area contributed by atoms with Crippen LogP contribution in [0.2, 0.25) is 0 Å². The minimum Gasteiger partial charge on any atom is -0.378 e. The van der Waals surface area contributed by atoms with Crippen molar-refractivity contribution in [2.24, 2.45) is 0 Å². The first-order chi connectivity index (χ1) is 20.3. The number of sulfonamides is 1. The van der Waals surface area contributed by atoms with Gasteiger partial charge in [0.2, 0.25) is 10.0 Å². The highest BCUT2D eigenvalue weighted by atomic mass is 32.2. The zero-order valence-electron chi connectivity index (χ0n) is 25.2. The van der Waals surface area contributed by atoms with Crippen molar-refractivity contribution in [3.05, 3.63) is 95.6 Å². The van der Waals surface area contributed by atoms with E-state index in [1.54, 1.807) is 16.4 Å². The lowest BCUT2D eigenvalue weighted by atomic mass is 9.82. The average molecular weight is 592 g/mol. The minimum absolute atomic E-state index is 0.0296. The lowest BCUT2D eigenvalue weighted by Crippen LogP contribution is -2.49. The first-order valence-corrected chi connectivity index (χ1v) is 16.6. The number of anilines is 1. The second-order valence-electron chi connectivity index (χ2n) is 11.9. The van der Waals surface area contributed by atoms with Crippen molar-refractivity contribution in [2.75, 3.05) is 70.5 Å². The molecule has 0 radical (unpaired) electrons. The molecule has 7 nitrogen and oxygen atoms in total. The summed E-state index contributed by atoms with van der Waals surface area (Å²) in [5.74, 6) is 0. The summed E-state index contributed by atoms with van der Waals surface area (Å²) in [6, 6.07) is 26.5. The summed E-state index contributed by atoms with van der Waals surface area (Å²) < 4.78 is 40.3. The van der Waals surface area contributed by atoms with Crippen molar-refractivity contribution in [2.45, 2.75) is 43.6 Å². The fourth-order valence-electron chi connectivity index (χ4n) is 5.62. The molecule has 0 aliphatic carbocycles. The molecule has 2 aliphatic rings. The minimum atomic E-state index is -3.51. The van der Waals surface area contributed by atoms with Gasteiger partial charge in [-0.2, -0.15) is 4.31 Å². The summed E-state index contributed by atoms with van der Waals surface area (Å²) in [6.45, 7) is 13.5. The Hall–Kier alpha value is -2.75. The van der Waals surface area contributed by atoms with Crippen LogP contribution in [-0.2, 0) is 24.9 Å². The summed E-state index contributed by atoms with van der Waals surface area (Å²) in [5, 5.41) is 0. The number of nitrogens with zero attached hydrogens (tertiary/aromatic N) is 3. The maximum Gasteiger partial charge on any atom is 0.243 e. The predicted molar refractivity (Wildman–Crippen MR) is 169 cm³/mol. The first kappa shape index (κ1) is 30.7. The van der Waals surface area contributed by atoms with Gasteiger partial charge in [-0.1, -0.05) is 75.4 Å². The number of hydrogen-bond donors (Lipinski definition) is 0. The zero-order valence-corrected chi connectivity index (χ0v) is 26.1. The predicted octanol–water partition coefficient (Wildman–Crippen LogP) is 5.32. The van der Waals surface area contributed by atoms with E-state index in [0.29, 0.717) is 37.7 Å². The van der Waals surface area contributed by atoms with Crippen LogP contribution < -0.4 is 4.90 Å². The molecule has 0 N–H and O–H groups in total. The molecule has 2 heterocycles. The van der Waals surface area contributed by atoms with Crippen molar-refractivity contribution in [3.63, 3.8) is 0 Å². The van der Waals surface area contributed by atoms with Crippen molar-refractivity contribution < 1.29 is 17.9 Å². The average Bonchev–Trinajstić information content (AvgIpc) is 3.04. The highest BCUT2D eigenvalue weighted by molar-refractivity contribution is 7.89. The number of hydrogen-bond acceptors (Lipinski definition) is 6. The molecule has 8 heteroatoms. The van der Waals surface area contributed by atoms with Crippen LogP contribution in [-0.4, -0.2) is 83.3 Å². The fraction of sp³-hybridized carbons (Fsp3) is 0.471. The van der Waals surface area contributed by atoms with Gasteiger partial charge in [-0.3, -0.25) is 4.90 Å². The largest absolute Gasteiger partial charge is 0.378 e. The summed E-state index contributed by atoms with van der Waals surface area (Å²) >= 11 is 0. The smallest absolute Gasteiger partial charge is 0.243 e. The van der Waals surface area contributed by atoms with Gasteiger partial charge in [0.05, 0.1) is 24.7 Å². The molecule has 0 aromatic heterocycles. The Labute approximate surface area is 252 Å². The van der Waals surface area contributed by atoms with Crippen LogP contribution in [0.15, 0.2) is 83.8 Å². The van der Waals surface area contributed by atoms with Crippen molar-refractivity contribution in [1.29, 1.82) is 0 Å². The summed E-state index contributed by atoms with van der Waals surface area (Å²) in [7, 11) is -3.51. The second-order valence-corrected chi connectivity index (χ2v) is 13.8. The fourth-order valence-corrected chi connectivity index (χ4v) is 7.04. The van der Waals surface area contributed by atoms with Crippen molar-refractivity contribution >= 4 is 15.7 Å². The monoisotopic (exact) mass is 591 g/mol. The molecule has 3 aromatic carbocycles. The zero-order chi connectivity index (χ0) is 29.6. The maximum atomic E-state index is 13.3. The molecule has 0 amide bonds. The van der Waals surface area contributed by atoms with Crippen molar-refractivity contribution in [1.82, 2.24) is 9.21 Å². The number of morpholine rings is 1. The molecule has 2 aliphatic heterocycles. The molecule has 3 aromatic rings. The third-order valence-corrected chi connectivity index (χ3v) is 10.8. The number of benzene rings is 3. The Morgan fingerprint density at radius 1 is 0.810 bits per heavy atom. The van der Waals surface area contributed by atoms with E-state index in [0.717, 1.165) is 56.0 Å². The summed E-state index contributed by atoms with van der Waals surface area (Å²) in [5.41, 5.74) is 4.66. The van der Waals surface area contributed by atoms with Gasteiger partial charge >= 0.3 is 0 Å². The molecule has 0 bridgehead atoms. The number of piperazine rings is 1. The third-order valence-electron chi connectivity index (χ3n) is 8.86. The van der Waals surface area contributed by atoms with Crippen LogP contribution in [0.5, 0.6) is 0 Å². The standard InChI is InChI=1S/C34H45N3O4S/c1-4-34(2,3)30-12-16-32(17-13-30)42(38,39)37-20-18-35(19-21-37)22-27-41-33(28-8-6-5-7-9-28)29-10-14-31(15-11-29)36-23-25-40-26-24-36/h5-17,33H,4,18-27H2,1-3H3/t33-/m1/s1. The van der Waals surface area contributed by atoms with E-state index in [4.69, 9.17) is 9.47 Å². The normalized spacial score (nSPS) is 18.2. The van der Waals surface area contributed by atoms with Gasteiger partial charge in [-0.05, 0) is 52.8 Å². The van der Waals surface area contributed by atoms with E-state index >= 15 is 0 Å². The van der Waals surface area contributed by atoms with Crippen LogP contribution in [0.3, 0.4) is 0 Å². The molecule has 0 saturated carbocycles. The Balaban J connectivity index is 1.16. The second kappa shape index (κ2) is 13.7. The Morgan fingerprint density at radius 2 is 1.43 bits per heavy atom. The van der Waals surface area contributed by atoms with E-state index in [1.165, 1.54) is 5.69 Å². The van der Waals surface area contributed by atoms with E-state index in [2.05, 4.69) is 67.0 Å². The van der Waals surface area contributed by atoms with Crippen LogP contribution in [0.25, 0.3) is 0 Å². The van der Waals surface area contributed by atoms with E-state index in [1.807, 2.05) is 30.3 Å². The SMILES string of the molecule is CCC(C)(C)c1ccc(S(=O)(=O)N2CCN(CCO[C@H](c3ccccc3)c3ccc(N4CCOCC4)cc3)CC2)cc1. The molecule has 0 unspecified atom stereocenters. The van der Waals surface area contributed by atoms with Gasteiger partial charge in [0.1, 0.15) is 6.10 Å². The number of ether oxygens (including phenoxy) is 2. The van der Waals surface area contributed by atoms with Gasteiger partial charge in [0.25, 0.3) is 0 Å². The third kappa shape index (κ3) is 7.24. The molecule has 2 saturated heterocycles. The molecule has 42 heavy (non-hydrogen) atoms. The van der Waals surface area contributed by atoms with Crippen LogP contribution in [0, 0.1) is 0 Å². The highest BCUT2D eigenvalue weighted by Crippen LogP contribution is 2.30. The molecular weight excluding hydrogens is 546 g/mol. The maximum absolute atomic E-state index is 13.3. The van der Waals surface area contributed by atoms with Gasteiger partial charge in [-0.25, -0.2) is 8.42 Å². The van der Waals surface area contributed by atoms with Gasteiger partial charge in [-0.15, -0.1) is 0 Å². The molecule has 5 rings (SSSR count). The Morgan fingerprint density at radius 3 is 2.05 bits per heavy atom. The van der Waals surface area contributed by atoms with Crippen molar-refractivity contribution in [3.8, 4) is 0 Å². The Kier molecular flexibility index (Phi) is 10.0. The van der Waals surface area contributed by atoms with E-state index in [-0.39, 0.29) is 11.5 Å².